The first-order chi connectivity index (χ1) is 13.5. The number of aromatic nitrogens is 1. The zero-order valence-electron chi connectivity index (χ0n) is 17.6. The van der Waals surface area contributed by atoms with E-state index in [1.165, 1.54) is 4.88 Å². The standard InChI is InChI=1S/C21H31N5OS.HI/c1-5-18-13-23-20(28-18)14-25-21(22-6-2)24-12-16-8-7-9-17(11-16)26-19(27)10-15(3)4;/h7-9,11,13,15H,5-6,10,12,14H2,1-4H3,(H,26,27)(H2,22,24,25);1H. The van der Waals surface area contributed by atoms with Crippen molar-refractivity contribution in [2.75, 3.05) is 11.9 Å². The Labute approximate surface area is 195 Å². The Kier molecular flexibility index (Phi) is 11.8. The molecular formula is C21H32IN5OS. The van der Waals surface area contributed by atoms with E-state index >= 15 is 0 Å². The maximum atomic E-state index is 12.0. The van der Waals surface area contributed by atoms with E-state index in [1.807, 2.05) is 51.2 Å². The first kappa shape index (κ1) is 25.4. The largest absolute Gasteiger partial charge is 0.357 e. The number of aliphatic imine (C=N–C) groups is 1. The molecule has 2 rings (SSSR count). The highest BCUT2D eigenvalue weighted by Gasteiger charge is 2.06. The number of nitrogens with one attached hydrogen (secondary N) is 3. The number of aryl methyl sites for hydroxylation is 1. The van der Waals surface area contributed by atoms with Crippen LogP contribution in [-0.4, -0.2) is 23.4 Å². The smallest absolute Gasteiger partial charge is 0.224 e. The number of carbonyl (C=O) groups excluding carboxylic acids is 1. The van der Waals surface area contributed by atoms with E-state index < -0.39 is 0 Å². The number of amides is 1. The summed E-state index contributed by atoms with van der Waals surface area (Å²) < 4.78 is 0. The van der Waals surface area contributed by atoms with Gasteiger partial charge in [0.05, 0.1) is 13.1 Å². The van der Waals surface area contributed by atoms with Crippen molar-refractivity contribution in [1.82, 2.24) is 15.6 Å². The molecule has 0 atom stereocenters. The normalized spacial score (nSPS) is 11.1. The number of carbonyl (C=O) groups is 1. The van der Waals surface area contributed by atoms with Crippen molar-refractivity contribution in [2.45, 2.75) is 53.6 Å². The number of benzene rings is 1. The maximum Gasteiger partial charge on any atom is 0.224 e. The highest BCUT2D eigenvalue weighted by Crippen LogP contribution is 2.14. The Morgan fingerprint density at radius 1 is 1.24 bits per heavy atom. The number of hydrogen-bond acceptors (Lipinski definition) is 4. The Hall–Kier alpha value is -1.68. The van der Waals surface area contributed by atoms with Crippen molar-refractivity contribution in [3.8, 4) is 0 Å². The quantitative estimate of drug-likeness (QED) is 0.253. The Bertz CT molecular complexity index is 791. The monoisotopic (exact) mass is 529 g/mol. The maximum absolute atomic E-state index is 12.0. The Balaban J connectivity index is 0.00000420. The van der Waals surface area contributed by atoms with E-state index in [0.717, 1.165) is 35.2 Å². The summed E-state index contributed by atoms with van der Waals surface area (Å²) in [5.74, 6) is 1.14. The van der Waals surface area contributed by atoms with Crippen LogP contribution in [-0.2, 0) is 24.3 Å². The molecule has 1 aromatic heterocycles. The van der Waals surface area contributed by atoms with Gasteiger partial charge in [0, 0.05) is 29.7 Å². The number of nitrogens with zero attached hydrogens (tertiary/aromatic N) is 2. The topological polar surface area (TPSA) is 78.4 Å². The molecule has 0 fully saturated rings. The minimum atomic E-state index is 0. The lowest BCUT2D eigenvalue weighted by Gasteiger charge is -2.11. The predicted molar refractivity (Wildman–Crippen MR) is 133 cm³/mol. The van der Waals surface area contributed by atoms with E-state index in [-0.39, 0.29) is 29.9 Å². The molecule has 0 aliphatic carbocycles. The van der Waals surface area contributed by atoms with Gasteiger partial charge in [-0.25, -0.2) is 9.98 Å². The third kappa shape index (κ3) is 9.58. The van der Waals surface area contributed by atoms with Crippen molar-refractivity contribution in [3.05, 3.63) is 45.9 Å². The third-order valence-corrected chi connectivity index (χ3v) is 5.07. The van der Waals surface area contributed by atoms with Gasteiger partial charge in [-0.1, -0.05) is 32.9 Å². The van der Waals surface area contributed by atoms with Crippen molar-refractivity contribution < 1.29 is 4.79 Å². The number of thiazole rings is 1. The molecular weight excluding hydrogens is 497 g/mol. The molecule has 0 radical (unpaired) electrons. The summed E-state index contributed by atoms with van der Waals surface area (Å²) in [6.45, 7) is 10.2. The van der Waals surface area contributed by atoms with Crippen LogP contribution in [0.2, 0.25) is 0 Å². The van der Waals surface area contributed by atoms with Gasteiger partial charge in [-0.15, -0.1) is 35.3 Å². The fraction of sp³-hybridized carbons (Fsp3) is 0.476. The summed E-state index contributed by atoms with van der Waals surface area (Å²) in [6.07, 6.45) is 3.47. The van der Waals surface area contributed by atoms with Gasteiger partial charge >= 0.3 is 0 Å². The molecule has 29 heavy (non-hydrogen) atoms. The molecule has 2 aromatic rings. The fourth-order valence-corrected chi connectivity index (χ4v) is 3.40. The van der Waals surface area contributed by atoms with Gasteiger partial charge in [-0.05, 0) is 37.0 Å². The molecule has 0 aliphatic heterocycles. The van der Waals surface area contributed by atoms with Crippen molar-refractivity contribution >= 4 is 52.9 Å². The molecule has 6 nitrogen and oxygen atoms in total. The second-order valence-electron chi connectivity index (χ2n) is 6.97. The van der Waals surface area contributed by atoms with Crippen LogP contribution in [0.5, 0.6) is 0 Å². The van der Waals surface area contributed by atoms with Gasteiger partial charge < -0.3 is 16.0 Å². The molecule has 0 saturated heterocycles. The second kappa shape index (κ2) is 13.5. The number of rotatable bonds is 9. The van der Waals surface area contributed by atoms with Crippen LogP contribution in [0, 0.1) is 5.92 Å². The SMILES string of the molecule is CCNC(=NCc1cccc(NC(=O)CC(C)C)c1)NCc1ncc(CC)s1.I. The van der Waals surface area contributed by atoms with E-state index in [0.29, 0.717) is 25.4 Å². The lowest BCUT2D eigenvalue weighted by atomic mass is 10.1. The highest BCUT2D eigenvalue weighted by molar-refractivity contribution is 14.0. The molecule has 0 saturated carbocycles. The number of anilines is 1. The van der Waals surface area contributed by atoms with Crippen LogP contribution in [0.4, 0.5) is 5.69 Å². The molecule has 1 aromatic carbocycles. The van der Waals surface area contributed by atoms with Gasteiger partial charge in [0.1, 0.15) is 5.01 Å². The second-order valence-corrected chi connectivity index (χ2v) is 8.17. The molecule has 0 unspecified atom stereocenters. The molecule has 0 bridgehead atoms. The van der Waals surface area contributed by atoms with Gasteiger partial charge in [0.15, 0.2) is 5.96 Å². The van der Waals surface area contributed by atoms with Crippen LogP contribution < -0.4 is 16.0 Å². The summed E-state index contributed by atoms with van der Waals surface area (Å²) in [5, 5.41) is 10.6. The van der Waals surface area contributed by atoms with Crippen molar-refractivity contribution in [3.63, 3.8) is 0 Å². The van der Waals surface area contributed by atoms with E-state index in [4.69, 9.17) is 0 Å². The molecule has 1 heterocycles. The molecule has 160 valence electrons. The molecule has 1 amide bonds. The van der Waals surface area contributed by atoms with E-state index in [9.17, 15) is 4.79 Å². The first-order valence-electron chi connectivity index (χ1n) is 9.84. The van der Waals surface area contributed by atoms with Crippen LogP contribution in [0.25, 0.3) is 0 Å². The lowest BCUT2D eigenvalue weighted by Crippen LogP contribution is -2.36. The zero-order valence-corrected chi connectivity index (χ0v) is 20.8. The summed E-state index contributed by atoms with van der Waals surface area (Å²) in [5.41, 5.74) is 1.85. The van der Waals surface area contributed by atoms with Gasteiger partial charge in [0.25, 0.3) is 0 Å². The molecule has 0 aliphatic rings. The van der Waals surface area contributed by atoms with Crippen molar-refractivity contribution in [1.29, 1.82) is 0 Å². The Morgan fingerprint density at radius 3 is 2.69 bits per heavy atom. The molecule has 0 spiro atoms. The average molecular weight is 529 g/mol. The molecule has 3 N–H and O–H groups in total. The van der Waals surface area contributed by atoms with Crippen LogP contribution >= 0.6 is 35.3 Å². The minimum Gasteiger partial charge on any atom is -0.357 e. The van der Waals surface area contributed by atoms with E-state index in [2.05, 4.69) is 32.9 Å². The van der Waals surface area contributed by atoms with Gasteiger partial charge in [-0.2, -0.15) is 0 Å². The summed E-state index contributed by atoms with van der Waals surface area (Å²) in [6, 6.07) is 7.83. The zero-order chi connectivity index (χ0) is 20.4. The number of hydrogen-bond donors (Lipinski definition) is 3. The first-order valence-corrected chi connectivity index (χ1v) is 10.7. The van der Waals surface area contributed by atoms with E-state index in [1.54, 1.807) is 11.3 Å². The summed E-state index contributed by atoms with van der Waals surface area (Å²) >= 11 is 1.72. The van der Waals surface area contributed by atoms with Crippen LogP contribution in [0.1, 0.15) is 49.6 Å². The summed E-state index contributed by atoms with van der Waals surface area (Å²) in [4.78, 5) is 22.3. The summed E-state index contributed by atoms with van der Waals surface area (Å²) in [7, 11) is 0. The third-order valence-electron chi connectivity index (χ3n) is 3.93. The predicted octanol–water partition coefficient (Wildman–Crippen LogP) is 4.56. The molecule has 8 heteroatoms. The number of guanidine groups is 1. The highest BCUT2D eigenvalue weighted by atomic mass is 127. The van der Waals surface area contributed by atoms with Crippen LogP contribution in [0.15, 0.2) is 35.5 Å². The minimum absolute atomic E-state index is 0. The van der Waals surface area contributed by atoms with Crippen molar-refractivity contribution in [2.24, 2.45) is 10.9 Å². The van der Waals surface area contributed by atoms with Gasteiger partial charge in [-0.3, -0.25) is 4.79 Å². The number of halogens is 1. The Morgan fingerprint density at radius 2 is 2.03 bits per heavy atom. The lowest BCUT2D eigenvalue weighted by molar-refractivity contribution is -0.116. The van der Waals surface area contributed by atoms with Crippen LogP contribution in [0.3, 0.4) is 0 Å². The fourth-order valence-electron chi connectivity index (χ4n) is 2.59. The average Bonchev–Trinajstić information content (AvgIpc) is 3.11. The van der Waals surface area contributed by atoms with Gasteiger partial charge in [0.2, 0.25) is 5.91 Å².